The second-order valence-electron chi connectivity index (χ2n) is 4.21. The Morgan fingerprint density at radius 3 is 1.67 bits per heavy atom. The lowest BCUT2D eigenvalue weighted by atomic mass is 10.2. The van der Waals surface area contributed by atoms with Crippen molar-refractivity contribution in [1.82, 2.24) is 0 Å². The first kappa shape index (κ1) is 14.6. The molecule has 4 N–H and O–H groups in total. The third-order valence-corrected chi connectivity index (χ3v) is 2.90. The molecule has 104 valence electrons. The Hall–Kier alpha value is -2.84. The van der Waals surface area contributed by atoms with E-state index in [2.05, 4.69) is 10.6 Å². The molecule has 2 rings (SSSR count). The Kier molecular flexibility index (Phi) is 4.91. The summed E-state index contributed by atoms with van der Waals surface area (Å²) in [6.45, 7) is 0. The summed E-state index contributed by atoms with van der Waals surface area (Å²) in [5, 5.41) is 15.5. The Labute approximate surface area is 128 Å². The monoisotopic (exact) mass is 294 g/mol. The van der Waals surface area contributed by atoms with Crippen LogP contribution in [-0.2, 0) is 0 Å². The molecule has 2 aromatic rings. The van der Waals surface area contributed by atoms with Gasteiger partial charge < -0.3 is 16.4 Å². The van der Waals surface area contributed by atoms with E-state index < -0.39 is 0 Å². The van der Waals surface area contributed by atoms with Gasteiger partial charge in [-0.1, -0.05) is 48.6 Å². The first-order chi connectivity index (χ1) is 10.2. The highest BCUT2D eigenvalue weighted by molar-refractivity contribution is 7.80. The normalized spacial score (nSPS) is 9.29. The number of nitriles is 1. The summed E-state index contributed by atoms with van der Waals surface area (Å²) in [4.78, 5) is 0.0411. The maximum absolute atomic E-state index is 9.27. The molecule has 4 nitrogen and oxygen atoms in total. The molecule has 5 heteroatoms. The molecule has 21 heavy (non-hydrogen) atoms. The van der Waals surface area contributed by atoms with Crippen LogP contribution >= 0.6 is 12.2 Å². The van der Waals surface area contributed by atoms with E-state index in [9.17, 15) is 5.26 Å². The molecular weight excluding hydrogens is 280 g/mol. The third kappa shape index (κ3) is 4.06. The zero-order valence-corrected chi connectivity index (χ0v) is 12.0. The molecule has 0 unspecified atom stereocenters. The summed E-state index contributed by atoms with van der Waals surface area (Å²) in [6, 6.07) is 21.0. The highest BCUT2D eigenvalue weighted by atomic mass is 32.1. The lowest BCUT2D eigenvalue weighted by Gasteiger charge is -2.15. The van der Waals surface area contributed by atoms with Crippen molar-refractivity contribution in [1.29, 1.82) is 5.26 Å². The van der Waals surface area contributed by atoms with Crippen LogP contribution in [0.1, 0.15) is 0 Å². The highest BCUT2D eigenvalue weighted by Gasteiger charge is 2.10. The van der Waals surface area contributed by atoms with E-state index in [0.29, 0.717) is 5.82 Å². The minimum atomic E-state index is 0.0411. The number of para-hydroxylation sites is 2. The Morgan fingerprint density at radius 1 is 0.905 bits per heavy atom. The van der Waals surface area contributed by atoms with Gasteiger partial charge in [0.25, 0.3) is 0 Å². The zero-order chi connectivity index (χ0) is 15.1. The predicted molar refractivity (Wildman–Crippen MR) is 89.6 cm³/mol. The van der Waals surface area contributed by atoms with Crippen LogP contribution in [-0.4, -0.2) is 4.99 Å². The van der Waals surface area contributed by atoms with E-state index in [1.165, 1.54) is 0 Å². The molecular formula is C16H14N4S. The molecule has 0 bridgehead atoms. The molecule has 0 saturated carbocycles. The first-order valence-corrected chi connectivity index (χ1v) is 6.70. The van der Waals surface area contributed by atoms with Crippen LogP contribution in [0.5, 0.6) is 0 Å². The molecule has 0 aromatic heterocycles. The molecule has 2 aromatic carbocycles. The van der Waals surface area contributed by atoms with Gasteiger partial charge in [-0.3, -0.25) is 0 Å². The number of anilines is 2. The van der Waals surface area contributed by atoms with Crippen LogP contribution in [0.4, 0.5) is 11.4 Å². The Bertz CT molecular complexity index is 644. The Morgan fingerprint density at radius 2 is 1.33 bits per heavy atom. The molecule has 0 atom stereocenters. The van der Waals surface area contributed by atoms with Gasteiger partial charge in [-0.25, -0.2) is 0 Å². The van der Waals surface area contributed by atoms with Crippen molar-refractivity contribution in [2.24, 2.45) is 5.73 Å². The van der Waals surface area contributed by atoms with Crippen molar-refractivity contribution in [2.75, 3.05) is 10.6 Å². The van der Waals surface area contributed by atoms with Crippen LogP contribution in [0.2, 0.25) is 0 Å². The lowest BCUT2D eigenvalue weighted by Crippen LogP contribution is -2.20. The van der Waals surface area contributed by atoms with E-state index in [-0.39, 0.29) is 10.6 Å². The highest BCUT2D eigenvalue weighted by Crippen LogP contribution is 2.16. The number of nitrogens with zero attached hydrogens (tertiary/aromatic N) is 1. The third-order valence-electron chi connectivity index (χ3n) is 2.69. The fourth-order valence-electron chi connectivity index (χ4n) is 1.72. The van der Waals surface area contributed by atoms with E-state index in [1.807, 2.05) is 66.7 Å². The van der Waals surface area contributed by atoms with Crippen LogP contribution in [0.25, 0.3) is 0 Å². The predicted octanol–water partition coefficient (Wildman–Crippen LogP) is 3.23. The second kappa shape index (κ2) is 7.08. The van der Waals surface area contributed by atoms with Gasteiger partial charge in [0.05, 0.1) is 0 Å². The van der Waals surface area contributed by atoms with Gasteiger partial charge in [-0.05, 0) is 24.3 Å². The minimum Gasteiger partial charge on any atom is -0.389 e. The lowest BCUT2D eigenvalue weighted by molar-refractivity contribution is 1.33. The number of benzene rings is 2. The number of rotatable bonds is 5. The zero-order valence-electron chi connectivity index (χ0n) is 11.2. The fourth-order valence-corrected chi connectivity index (χ4v) is 1.87. The largest absolute Gasteiger partial charge is 0.389 e. The fraction of sp³-hybridized carbons (Fsp3) is 0. The summed E-state index contributed by atoms with van der Waals surface area (Å²) < 4.78 is 0. The topological polar surface area (TPSA) is 73.9 Å². The summed E-state index contributed by atoms with van der Waals surface area (Å²) in [5.74, 6) is 0.461. The number of nitrogens with one attached hydrogen (secondary N) is 2. The SMILES string of the molecule is N#CC(C(N)=S)=C(Nc1ccccc1)Nc1ccccc1. The van der Waals surface area contributed by atoms with Gasteiger partial charge >= 0.3 is 0 Å². The summed E-state index contributed by atoms with van der Waals surface area (Å²) in [7, 11) is 0. The smallest absolute Gasteiger partial charge is 0.129 e. The van der Waals surface area contributed by atoms with Gasteiger partial charge in [-0.15, -0.1) is 0 Å². The molecule has 0 spiro atoms. The van der Waals surface area contributed by atoms with Crippen molar-refractivity contribution in [3.05, 3.63) is 72.1 Å². The van der Waals surface area contributed by atoms with Crippen LogP contribution in [0.3, 0.4) is 0 Å². The Balaban J connectivity index is 2.36. The molecule has 0 amide bonds. The second-order valence-corrected chi connectivity index (χ2v) is 4.65. The number of nitrogens with two attached hydrogens (primary N) is 1. The van der Waals surface area contributed by atoms with Crippen molar-refractivity contribution in [3.8, 4) is 6.07 Å². The number of hydrogen-bond acceptors (Lipinski definition) is 4. The van der Waals surface area contributed by atoms with Crippen LogP contribution in [0, 0.1) is 11.3 Å². The van der Waals surface area contributed by atoms with Crippen LogP contribution < -0.4 is 16.4 Å². The average molecular weight is 294 g/mol. The average Bonchev–Trinajstić information content (AvgIpc) is 2.49. The summed E-state index contributed by atoms with van der Waals surface area (Å²) in [6.07, 6.45) is 0. The van der Waals surface area contributed by atoms with Crippen LogP contribution in [0.15, 0.2) is 72.1 Å². The molecule has 0 aliphatic heterocycles. The van der Waals surface area contributed by atoms with E-state index in [0.717, 1.165) is 11.4 Å². The summed E-state index contributed by atoms with van der Waals surface area (Å²) in [5.41, 5.74) is 7.50. The number of hydrogen-bond donors (Lipinski definition) is 3. The quantitative estimate of drug-likeness (QED) is 0.448. The van der Waals surface area contributed by atoms with Crippen molar-refractivity contribution in [2.45, 2.75) is 0 Å². The van der Waals surface area contributed by atoms with Crippen molar-refractivity contribution < 1.29 is 0 Å². The standard InChI is InChI=1S/C16H14N4S/c17-11-14(15(18)21)16(19-12-7-3-1-4-8-12)20-13-9-5-2-6-10-13/h1-10,19-20H,(H2,18,21). The van der Waals surface area contributed by atoms with Gasteiger partial charge in [0.2, 0.25) is 0 Å². The molecule has 0 aliphatic rings. The maximum atomic E-state index is 9.27. The minimum absolute atomic E-state index is 0.0411. The van der Waals surface area contributed by atoms with Gasteiger partial charge in [-0.2, -0.15) is 5.26 Å². The molecule has 0 saturated heterocycles. The molecule has 0 aliphatic carbocycles. The first-order valence-electron chi connectivity index (χ1n) is 6.29. The van der Waals surface area contributed by atoms with Crippen molar-refractivity contribution in [3.63, 3.8) is 0 Å². The van der Waals surface area contributed by atoms with Gasteiger partial charge in [0.15, 0.2) is 0 Å². The van der Waals surface area contributed by atoms with Gasteiger partial charge in [0, 0.05) is 11.4 Å². The van der Waals surface area contributed by atoms with Crippen molar-refractivity contribution >= 4 is 28.6 Å². The molecule has 0 fully saturated rings. The summed E-state index contributed by atoms with van der Waals surface area (Å²) >= 11 is 4.94. The van der Waals surface area contributed by atoms with E-state index >= 15 is 0 Å². The van der Waals surface area contributed by atoms with E-state index in [1.54, 1.807) is 0 Å². The molecule has 0 heterocycles. The van der Waals surface area contributed by atoms with E-state index in [4.69, 9.17) is 18.0 Å². The molecule has 0 radical (unpaired) electrons. The number of thiocarbonyl (C=S) groups is 1. The van der Waals surface area contributed by atoms with Gasteiger partial charge in [0.1, 0.15) is 22.5 Å². The maximum Gasteiger partial charge on any atom is 0.129 e.